The first-order valence-electron chi connectivity index (χ1n) is 12.6. The van der Waals surface area contributed by atoms with E-state index in [-0.39, 0.29) is 29.4 Å². The van der Waals surface area contributed by atoms with Crippen molar-refractivity contribution >= 4 is 23.4 Å². The number of likely N-dealkylation sites (tertiary alicyclic amines) is 2. The molecule has 0 spiro atoms. The predicted molar refractivity (Wildman–Crippen MR) is 139 cm³/mol. The molecule has 4 heterocycles. The number of carbonyl (C=O) groups excluding carboxylic acids is 3. The van der Waals surface area contributed by atoms with Crippen molar-refractivity contribution < 1.29 is 19.1 Å². The molecule has 9 heteroatoms. The van der Waals surface area contributed by atoms with Gasteiger partial charge >= 0.3 is 0 Å². The van der Waals surface area contributed by atoms with Gasteiger partial charge in [-0.3, -0.25) is 14.4 Å². The van der Waals surface area contributed by atoms with Crippen molar-refractivity contribution in [3.8, 4) is 5.75 Å². The molecule has 2 amide bonds. The minimum Gasteiger partial charge on any atom is -0.478 e. The lowest BCUT2D eigenvalue weighted by Gasteiger charge is -2.41. The quantitative estimate of drug-likeness (QED) is 0.554. The van der Waals surface area contributed by atoms with Crippen molar-refractivity contribution in [2.24, 2.45) is 22.2 Å². The molecule has 1 atom stereocenters. The van der Waals surface area contributed by atoms with Crippen LogP contribution in [0.2, 0.25) is 0 Å². The first-order chi connectivity index (χ1) is 17.5. The van der Waals surface area contributed by atoms with Crippen LogP contribution in [0.25, 0.3) is 0 Å². The lowest BCUT2D eigenvalue weighted by molar-refractivity contribution is -0.136. The summed E-state index contributed by atoms with van der Waals surface area (Å²) in [7, 11) is 3.52. The molecule has 1 aromatic rings. The maximum Gasteiger partial charge on any atom is 0.268 e. The minimum absolute atomic E-state index is 0.0459. The summed E-state index contributed by atoms with van der Waals surface area (Å²) in [5.41, 5.74) is 1.36. The summed E-state index contributed by atoms with van der Waals surface area (Å²) < 4.78 is 6.11. The highest BCUT2D eigenvalue weighted by Gasteiger charge is 2.49. The van der Waals surface area contributed by atoms with Crippen LogP contribution in [0.5, 0.6) is 5.75 Å². The molecule has 1 saturated carbocycles. The number of hydrogen-bond donors (Lipinski definition) is 0. The lowest BCUT2D eigenvalue weighted by atomic mass is 9.89. The molecule has 1 aromatic heterocycles. The second-order valence-corrected chi connectivity index (χ2v) is 11.1. The molecule has 2 saturated heterocycles. The Labute approximate surface area is 217 Å². The molecule has 1 aliphatic carbocycles. The van der Waals surface area contributed by atoms with Crippen LogP contribution in [0.3, 0.4) is 0 Å². The van der Waals surface area contributed by atoms with Crippen LogP contribution in [-0.2, 0) is 9.59 Å². The molecular formula is C28H33N5O4. The van der Waals surface area contributed by atoms with Gasteiger partial charge in [0.15, 0.2) is 11.9 Å². The third kappa shape index (κ3) is 4.82. The van der Waals surface area contributed by atoms with E-state index in [0.717, 1.165) is 18.4 Å². The smallest absolute Gasteiger partial charge is 0.268 e. The van der Waals surface area contributed by atoms with Crippen molar-refractivity contribution in [2.75, 3.05) is 33.7 Å². The van der Waals surface area contributed by atoms with Gasteiger partial charge in [-0.25, -0.2) is 9.98 Å². The van der Waals surface area contributed by atoms with Crippen LogP contribution in [0.15, 0.2) is 59.5 Å². The number of pyridine rings is 1. The Kier molecular flexibility index (Phi) is 6.25. The SMILES string of the molecule is C=C1C=CC(N2CC(C)(C)C(Oc3ccc(C(=O)C4CC4)nc3)C2=O)=CN=C1N1CC(C(=O)N(C)C)C1. The van der Waals surface area contributed by atoms with E-state index in [4.69, 9.17) is 4.74 Å². The number of rotatable bonds is 6. The van der Waals surface area contributed by atoms with Gasteiger partial charge in [0, 0.05) is 50.6 Å². The Bertz CT molecular complexity index is 1230. The number of allylic oxidation sites excluding steroid dienone is 1. The fourth-order valence-corrected chi connectivity index (χ4v) is 4.89. The molecule has 4 aliphatic rings. The number of amidine groups is 1. The second kappa shape index (κ2) is 9.28. The monoisotopic (exact) mass is 503 g/mol. The van der Waals surface area contributed by atoms with Crippen molar-refractivity contribution in [1.29, 1.82) is 0 Å². The largest absolute Gasteiger partial charge is 0.478 e. The zero-order chi connectivity index (χ0) is 26.5. The molecule has 0 radical (unpaired) electrons. The number of Topliss-reactive ketones (excluding diaryl/α,β-unsaturated/α-hetero) is 1. The summed E-state index contributed by atoms with van der Waals surface area (Å²) >= 11 is 0. The van der Waals surface area contributed by atoms with Crippen molar-refractivity contribution in [3.63, 3.8) is 0 Å². The van der Waals surface area contributed by atoms with Crippen LogP contribution in [0.1, 0.15) is 37.2 Å². The van der Waals surface area contributed by atoms with E-state index >= 15 is 0 Å². The van der Waals surface area contributed by atoms with Gasteiger partial charge in [0.1, 0.15) is 17.3 Å². The van der Waals surface area contributed by atoms with Crippen LogP contribution in [0, 0.1) is 17.3 Å². The van der Waals surface area contributed by atoms with Gasteiger partial charge in [0.05, 0.1) is 24.0 Å². The van der Waals surface area contributed by atoms with Crippen molar-refractivity contribution in [1.82, 2.24) is 19.7 Å². The fourth-order valence-electron chi connectivity index (χ4n) is 4.89. The van der Waals surface area contributed by atoms with Gasteiger partial charge in [-0.1, -0.05) is 20.4 Å². The van der Waals surface area contributed by atoms with Crippen molar-refractivity contribution in [3.05, 3.63) is 60.2 Å². The van der Waals surface area contributed by atoms with Crippen molar-refractivity contribution in [2.45, 2.75) is 32.8 Å². The first-order valence-corrected chi connectivity index (χ1v) is 12.6. The molecule has 1 unspecified atom stereocenters. The van der Waals surface area contributed by atoms with Crippen LogP contribution < -0.4 is 4.74 Å². The van der Waals surface area contributed by atoms with Crippen LogP contribution >= 0.6 is 0 Å². The molecule has 0 aromatic carbocycles. The molecule has 9 nitrogen and oxygen atoms in total. The summed E-state index contributed by atoms with van der Waals surface area (Å²) in [5.74, 6) is 1.24. The maximum atomic E-state index is 13.5. The Morgan fingerprint density at radius 3 is 2.49 bits per heavy atom. The topological polar surface area (TPSA) is 95.4 Å². The van der Waals surface area contributed by atoms with E-state index in [1.807, 2.05) is 30.9 Å². The predicted octanol–water partition coefficient (Wildman–Crippen LogP) is 2.68. The number of hydrogen-bond acceptors (Lipinski definition) is 7. The Morgan fingerprint density at radius 1 is 1.14 bits per heavy atom. The van der Waals surface area contributed by atoms with Gasteiger partial charge < -0.3 is 19.4 Å². The highest BCUT2D eigenvalue weighted by Crippen LogP contribution is 2.37. The van der Waals surface area contributed by atoms with Gasteiger partial charge in [-0.05, 0) is 37.1 Å². The summed E-state index contributed by atoms with van der Waals surface area (Å²) in [4.78, 5) is 52.2. The summed E-state index contributed by atoms with van der Waals surface area (Å²) in [6.07, 6.45) is 8.05. The molecule has 0 N–H and O–H groups in total. The highest BCUT2D eigenvalue weighted by molar-refractivity contribution is 6.02. The highest BCUT2D eigenvalue weighted by atomic mass is 16.5. The number of ether oxygens (including phenoxy) is 1. The average molecular weight is 504 g/mol. The fraction of sp³-hybridized carbons (Fsp3) is 0.464. The summed E-state index contributed by atoms with van der Waals surface area (Å²) in [6.45, 7) is 9.76. The molecule has 37 heavy (non-hydrogen) atoms. The van der Waals surface area contributed by atoms with E-state index in [1.54, 1.807) is 42.2 Å². The van der Waals surface area contributed by atoms with Gasteiger partial charge in [-0.15, -0.1) is 0 Å². The average Bonchev–Trinajstić information content (AvgIpc) is 3.66. The van der Waals surface area contributed by atoms with Crippen LogP contribution in [-0.4, -0.2) is 83.0 Å². The van der Waals surface area contributed by atoms with Gasteiger partial charge in [-0.2, -0.15) is 0 Å². The number of ketones is 1. The third-order valence-electron chi connectivity index (χ3n) is 7.30. The lowest BCUT2D eigenvalue weighted by Crippen LogP contribution is -2.55. The summed E-state index contributed by atoms with van der Waals surface area (Å²) in [6, 6.07) is 3.38. The summed E-state index contributed by atoms with van der Waals surface area (Å²) in [5, 5.41) is 0. The number of carbonyl (C=O) groups is 3. The van der Waals surface area contributed by atoms with E-state index in [0.29, 0.717) is 42.6 Å². The molecule has 0 bridgehead atoms. The van der Waals surface area contributed by atoms with E-state index in [1.165, 1.54) is 6.20 Å². The van der Waals surface area contributed by atoms with E-state index in [9.17, 15) is 14.4 Å². The zero-order valence-corrected chi connectivity index (χ0v) is 21.8. The van der Waals surface area contributed by atoms with Gasteiger partial charge in [0.2, 0.25) is 5.91 Å². The number of aromatic nitrogens is 1. The molecular weight excluding hydrogens is 470 g/mol. The van der Waals surface area contributed by atoms with E-state index in [2.05, 4.69) is 16.6 Å². The third-order valence-corrected chi connectivity index (χ3v) is 7.30. The minimum atomic E-state index is -0.711. The van der Waals surface area contributed by atoms with E-state index < -0.39 is 11.5 Å². The standard InChI is InChI=1S/C28H33N5O4/c1-17-6-9-20(12-30-25(17)32-14-19(15-32)26(35)31(4)5)33-16-28(2,3)24(27(33)36)37-21-10-11-22(29-13-21)23(34)18-7-8-18/h6,9-13,18-19,24H,1,7-8,14-16H2,2-5H3. The molecule has 3 aliphatic heterocycles. The Morgan fingerprint density at radius 2 is 1.86 bits per heavy atom. The van der Waals surface area contributed by atoms with Gasteiger partial charge in [0.25, 0.3) is 5.91 Å². The molecule has 194 valence electrons. The Hall–Kier alpha value is -3.75. The maximum absolute atomic E-state index is 13.5. The number of aliphatic imine (C=N–C) groups is 1. The number of nitrogens with zero attached hydrogens (tertiary/aromatic N) is 5. The number of amides is 2. The zero-order valence-electron chi connectivity index (χ0n) is 21.8. The molecule has 5 rings (SSSR count). The Balaban J connectivity index is 1.28. The first kappa shape index (κ1) is 24.9. The molecule has 3 fully saturated rings. The normalized spacial score (nSPS) is 23.3. The van der Waals surface area contributed by atoms with Crippen LogP contribution in [0.4, 0.5) is 0 Å². The second-order valence-electron chi connectivity index (χ2n) is 11.1.